The van der Waals surface area contributed by atoms with Gasteiger partial charge in [0.2, 0.25) is 0 Å². The highest BCUT2D eigenvalue weighted by molar-refractivity contribution is 5.75. The second-order valence-corrected chi connectivity index (χ2v) is 4.04. The molecule has 0 heterocycles. The van der Waals surface area contributed by atoms with Gasteiger partial charge in [0, 0.05) is 13.0 Å². The molecule has 5 nitrogen and oxygen atoms in total. The Morgan fingerprint density at radius 1 is 1.21 bits per heavy atom. The summed E-state index contributed by atoms with van der Waals surface area (Å²) in [5, 5.41) is 20.2. The van der Waals surface area contributed by atoms with Crippen LogP contribution in [0.3, 0.4) is 0 Å². The first-order chi connectivity index (χ1) is 9.09. The molecule has 19 heavy (non-hydrogen) atoms. The molecule has 0 fully saturated rings. The molecule has 0 aliphatic carbocycles. The van der Waals surface area contributed by atoms with Crippen molar-refractivity contribution in [2.45, 2.75) is 18.9 Å². The standard InChI is InChI=1S/C14H17NO4/c16-13(17)9-8-12(14(18)19)15-10-4-7-11-5-2-1-3-6-11/h1-7,12,15H,8-10H2,(H,16,17)(H,18,19)/t12-/m0/s1. The zero-order valence-corrected chi connectivity index (χ0v) is 10.5. The van der Waals surface area contributed by atoms with Gasteiger partial charge in [-0.2, -0.15) is 0 Å². The number of benzene rings is 1. The predicted molar refractivity (Wildman–Crippen MR) is 71.8 cm³/mol. The van der Waals surface area contributed by atoms with Crippen LogP contribution in [0.5, 0.6) is 0 Å². The van der Waals surface area contributed by atoms with Gasteiger partial charge in [-0.3, -0.25) is 9.59 Å². The van der Waals surface area contributed by atoms with Crippen LogP contribution in [-0.4, -0.2) is 34.7 Å². The van der Waals surface area contributed by atoms with Crippen molar-refractivity contribution in [1.82, 2.24) is 5.32 Å². The van der Waals surface area contributed by atoms with Gasteiger partial charge in [0.1, 0.15) is 6.04 Å². The Hall–Kier alpha value is -2.14. The van der Waals surface area contributed by atoms with Crippen LogP contribution in [0, 0.1) is 0 Å². The molecule has 1 atom stereocenters. The normalized spacial score (nSPS) is 12.4. The third-order valence-corrected chi connectivity index (χ3v) is 2.54. The quantitative estimate of drug-likeness (QED) is 0.663. The van der Waals surface area contributed by atoms with Gasteiger partial charge in [-0.05, 0) is 12.0 Å². The van der Waals surface area contributed by atoms with Crippen LogP contribution < -0.4 is 5.32 Å². The summed E-state index contributed by atoms with van der Waals surface area (Å²) in [6.45, 7) is 0.380. The molecule has 102 valence electrons. The van der Waals surface area contributed by atoms with Crippen molar-refractivity contribution >= 4 is 18.0 Å². The van der Waals surface area contributed by atoms with Crippen LogP contribution in [0.15, 0.2) is 36.4 Å². The minimum Gasteiger partial charge on any atom is -0.481 e. The number of carbonyl (C=O) groups is 2. The molecule has 1 aromatic rings. The van der Waals surface area contributed by atoms with E-state index in [4.69, 9.17) is 10.2 Å². The first kappa shape index (κ1) is 14.9. The average Bonchev–Trinajstić information content (AvgIpc) is 2.38. The van der Waals surface area contributed by atoms with Crippen molar-refractivity contribution in [2.75, 3.05) is 6.54 Å². The van der Waals surface area contributed by atoms with E-state index in [1.54, 1.807) is 0 Å². The molecule has 0 bridgehead atoms. The maximum Gasteiger partial charge on any atom is 0.320 e. The summed E-state index contributed by atoms with van der Waals surface area (Å²) in [7, 11) is 0. The van der Waals surface area contributed by atoms with Gasteiger partial charge in [0.25, 0.3) is 0 Å². The lowest BCUT2D eigenvalue weighted by Gasteiger charge is -2.11. The maximum atomic E-state index is 10.9. The number of rotatable bonds is 8. The van der Waals surface area contributed by atoms with E-state index in [2.05, 4.69) is 5.32 Å². The summed E-state index contributed by atoms with van der Waals surface area (Å²) in [6, 6.07) is 8.80. The van der Waals surface area contributed by atoms with E-state index in [0.29, 0.717) is 6.54 Å². The molecule has 0 saturated carbocycles. The lowest BCUT2D eigenvalue weighted by atomic mass is 10.1. The molecule has 0 saturated heterocycles. The number of hydrogen-bond donors (Lipinski definition) is 3. The lowest BCUT2D eigenvalue weighted by Crippen LogP contribution is -2.37. The van der Waals surface area contributed by atoms with Crippen molar-refractivity contribution in [3.63, 3.8) is 0 Å². The summed E-state index contributed by atoms with van der Waals surface area (Å²) in [5.74, 6) is -2.03. The number of nitrogens with one attached hydrogen (secondary N) is 1. The SMILES string of the molecule is O=C(O)CC[C@H](NCC=Cc1ccccc1)C(=O)O. The van der Waals surface area contributed by atoms with Gasteiger partial charge in [0.05, 0.1) is 0 Å². The number of carboxylic acid groups (broad SMARTS) is 2. The average molecular weight is 263 g/mol. The van der Waals surface area contributed by atoms with E-state index in [1.165, 1.54) is 0 Å². The monoisotopic (exact) mass is 263 g/mol. The topological polar surface area (TPSA) is 86.6 Å². The van der Waals surface area contributed by atoms with Gasteiger partial charge in [-0.25, -0.2) is 0 Å². The number of aliphatic carboxylic acids is 2. The Bertz CT molecular complexity index is 442. The molecule has 0 aromatic heterocycles. The largest absolute Gasteiger partial charge is 0.481 e. The molecule has 0 aliphatic heterocycles. The highest BCUT2D eigenvalue weighted by Gasteiger charge is 2.16. The van der Waals surface area contributed by atoms with Gasteiger partial charge in [-0.15, -0.1) is 0 Å². The van der Waals surface area contributed by atoms with Gasteiger partial charge < -0.3 is 15.5 Å². The summed E-state index contributed by atoms with van der Waals surface area (Å²) in [5.41, 5.74) is 1.03. The first-order valence-corrected chi connectivity index (χ1v) is 5.99. The Balaban J connectivity index is 2.38. The third kappa shape index (κ3) is 6.38. The molecule has 5 heteroatoms. The Morgan fingerprint density at radius 2 is 1.89 bits per heavy atom. The van der Waals surface area contributed by atoms with Crippen LogP contribution >= 0.6 is 0 Å². The van der Waals surface area contributed by atoms with Crippen molar-refractivity contribution < 1.29 is 19.8 Å². The van der Waals surface area contributed by atoms with E-state index >= 15 is 0 Å². The molecule has 3 N–H and O–H groups in total. The second-order valence-electron chi connectivity index (χ2n) is 4.04. The van der Waals surface area contributed by atoms with Crippen molar-refractivity contribution in [3.8, 4) is 0 Å². The van der Waals surface area contributed by atoms with Crippen LogP contribution in [0.25, 0.3) is 6.08 Å². The fraction of sp³-hybridized carbons (Fsp3) is 0.286. The Labute approximate surface area is 111 Å². The second kappa shape index (κ2) is 8.05. The first-order valence-electron chi connectivity index (χ1n) is 5.99. The number of hydrogen-bond acceptors (Lipinski definition) is 3. The summed E-state index contributed by atoms with van der Waals surface area (Å²) in [6.07, 6.45) is 3.60. The Morgan fingerprint density at radius 3 is 2.47 bits per heavy atom. The van der Waals surface area contributed by atoms with E-state index in [1.807, 2.05) is 42.5 Å². The molecule has 0 aliphatic rings. The molecule has 1 rings (SSSR count). The Kier molecular flexibility index (Phi) is 6.32. The molecule has 0 radical (unpaired) electrons. The van der Waals surface area contributed by atoms with Gasteiger partial charge in [-0.1, -0.05) is 42.5 Å². The molecule has 0 unspecified atom stereocenters. The van der Waals surface area contributed by atoms with Crippen LogP contribution in [0.1, 0.15) is 18.4 Å². The smallest absolute Gasteiger partial charge is 0.320 e. The zero-order chi connectivity index (χ0) is 14.1. The molecule has 0 spiro atoms. The minimum atomic E-state index is -1.03. The van der Waals surface area contributed by atoms with E-state index in [0.717, 1.165) is 5.56 Å². The predicted octanol–water partition coefficient (Wildman–Crippen LogP) is 1.61. The number of carboxylic acids is 2. The fourth-order valence-electron chi connectivity index (χ4n) is 1.55. The lowest BCUT2D eigenvalue weighted by molar-refractivity contribution is -0.140. The zero-order valence-electron chi connectivity index (χ0n) is 10.5. The molecule has 1 aromatic carbocycles. The minimum absolute atomic E-state index is 0.0733. The van der Waals surface area contributed by atoms with Crippen molar-refractivity contribution in [1.29, 1.82) is 0 Å². The summed E-state index contributed by atoms with van der Waals surface area (Å²) >= 11 is 0. The van der Waals surface area contributed by atoms with E-state index in [-0.39, 0.29) is 12.8 Å². The van der Waals surface area contributed by atoms with Crippen LogP contribution in [-0.2, 0) is 9.59 Å². The van der Waals surface area contributed by atoms with Crippen molar-refractivity contribution in [2.24, 2.45) is 0 Å². The maximum absolute atomic E-state index is 10.9. The third-order valence-electron chi connectivity index (χ3n) is 2.54. The molecular weight excluding hydrogens is 246 g/mol. The summed E-state index contributed by atoms with van der Waals surface area (Å²) in [4.78, 5) is 21.3. The fourth-order valence-corrected chi connectivity index (χ4v) is 1.55. The van der Waals surface area contributed by atoms with E-state index in [9.17, 15) is 9.59 Å². The molecule has 0 amide bonds. The van der Waals surface area contributed by atoms with Crippen LogP contribution in [0.4, 0.5) is 0 Å². The highest BCUT2D eigenvalue weighted by Crippen LogP contribution is 2.01. The van der Waals surface area contributed by atoms with Gasteiger partial charge in [0.15, 0.2) is 0 Å². The molecular formula is C14H17NO4. The van der Waals surface area contributed by atoms with Crippen molar-refractivity contribution in [3.05, 3.63) is 42.0 Å². The van der Waals surface area contributed by atoms with E-state index < -0.39 is 18.0 Å². The van der Waals surface area contributed by atoms with Crippen LogP contribution in [0.2, 0.25) is 0 Å². The van der Waals surface area contributed by atoms with Gasteiger partial charge >= 0.3 is 11.9 Å². The highest BCUT2D eigenvalue weighted by atomic mass is 16.4. The summed E-state index contributed by atoms with van der Waals surface area (Å²) < 4.78 is 0.